The van der Waals surface area contributed by atoms with Crippen molar-refractivity contribution in [3.05, 3.63) is 28.8 Å². The van der Waals surface area contributed by atoms with Gasteiger partial charge < -0.3 is 31.1 Å². The van der Waals surface area contributed by atoms with Crippen LogP contribution in [0, 0.1) is 5.92 Å². The van der Waals surface area contributed by atoms with Gasteiger partial charge in [-0.25, -0.2) is 0 Å². The molecule has 1 saturated heterocycles. The number of benzene rings is 1. The number of phenols is 1. The molecule has 1 aliphatic heterocycles. The number of aliphatic hydroxyl groups excluding tert-OH is 1. The number of hydrogen-bond donors (Lipinski definition) is 6. The standard InChI is InChI=1S/C21H26N2O4.C5H8O4/c22-19(26)15-4-3-13-9-16-21(27)6-5-14(24)10-20(21,17(13)18(15)25)7-8-23(16)11-12-1-2-12;1-3(6)4(7)2-5(8)9/h3-4,12,16,25,27H,1-2,5-11H2,(H2,22,26);4,7H,2H2,1H3,(H,8,9)/p+1/t16-,20-,21-;/m1./s1. The Balaban J connectivity index is 0.000000292. The van der Waals surface area contributed by atoms with Crippen molar-refractivity contribution in [3.8, 4) is 5.75 Å². The summed E-state index contributed by atoms with van der Waals surface area (Å²) in [5.74, 6) is -1.61. The Labute approximate surface area is 209 Å². The van der Waals surface area contributed by atoms with Gasteiger partial charge in [-0.2, -0.15) is 0 Å². The van der Waals surface area contributed by atoms with Gasteiger partial charge in [0.05, 0.1) is 25.1 Å². The molecule has 0 aromatic heterocycles. The van der Waals surface area contributed by atoms with Gasteiger partial charge in [0.15, 0.2) is 5.78 Å². The van der Waals surface area contributed by atoms with E-state index in [0.29, 0.717) is 31.2 Å². The van der Waals surface area contributed by atoms with Crippen LogP contribution in [0.3, 0.4) is 0 Å². The maximum absolute atomic E-state index is 12.5. The van der Waals surface area contributed by atoms with E-state index >= 15 is 0 Å². The lowest BCUT2D eigenvalue weighted by Crippen LogP contribution is -3.21. The van der Waals surface area contributed by atoms with Crippen molar-refractivity contribution in [1.82, 2.24) is 0 Å². The molecular formula is C26H35N2O8+. The van der Waals surface area contributed by atoms with E-state index in [-0.39, 0.29) is 29.6 Å². The number of nitrogens with one attached hydrogen (secondary N) is 1. The maximum atomic E-state index is 12.5. The maximum Gasteiger partial charge on any atom is 0.306 e. The second-order valence-corrected chi connectivity index (χ2v) is 10.9. The van der Waals surface area contributed by atoms with E-state index in [2.05, 4.69) is 0 Å². The smallest absolute Gasteiger partial charge is 0.306 e. The fourth-order valence-electron chi connectivity index (χ4n) is 6.59. The molecule has 1 aromatic carbocycles. The van der Waals surface area contributed by atoms with Crippen LogP contribution in [0.25, 0.3) is 0 Å². The van der Waals surface area contributed by atoms with Crippen LogP contribution in [0.5, 0.6) is 5.75 Å². The van der Waals surface area contributed by atoms with E-state index in [0.717, 1.165) is 31.5 Å². The molecule has 0 spiro atoms. The molecule has 1 amide bonds. The molecule has 1 heterocycles. The Bertz CT molecular complexity index is 1100. The topological polar surface area (TPSA) is 180 Å². The molecule has 7 N–H and O–H groups in total. The molecule has 0 radical (unpaired) electrons. The van der Waals surface area contributed by atoms with Gasteiger partial charge in [-0.1, -0.05) is 6.07 Å². The Morgan fingerprint density at radius 2 is 1.92 bits per heavy atom. The number of Topliss-reactive ketones (excluding diaryl/α,β-unsaturated/α-hetero) is 2. The number of quaternary nitrogens is 1. The summed E-state index contributed by atoms with van der Waals surface area (Å²) < 4.78 is 0. The number of carboxylic acids is 1. The average Bonchev–Trinajstić information content (AvgIpc) is 3.60. The average molecular weight is 504 g/mol. The number of nitrogens with two attached hydrogens (primary N) is 1. The first-order valence-electron chi connectivity index (χ1n) is 12.5. The highest BCUT2D eigenvalue weighted by Gasteiger charge is 2.68. The van der Waals surface area contributed by atoms with Gasteiger partial charge in [-0.05, 0) is 37.8 Å². The van der Waals surface area contributed by atoms with Gasteiger partial charge in [-0.15, -0.1) is 0 Å². The monoisotopic (exact) mass is 503 g/mol. The first kappa shape index (κ1) is 26.2. The third-order valence-electron chi connectivity index (χ3n) is 8.57. The summed E-state index contributed by atoms with van der Waals surface area (Å²) in [6.07, 6.45) is 3.07. The number of amides is 1. The van der Waals surface area contributed by atoms with E-state index < -0.39 is 41.2 Å². The van der Waals surface area contributed by atoms with Crippen LogP contribution < -0.4 is 10.6 Å². The summed E-state index contributed by atoms with van der Waals surface area (Å²) in [4.78, 5) is 45.7. The number of aromatic hydroxyl groups is 1. The van der Waals surface area contributed by atoms with Crippen LogP contribution >= 0.6 is 0 Å². The molecule has 1 aromatic rings. The minimum absolute atomic E-state index is 0.0336. The van der Waals surface area contributed by atoms with Crippen LogP contribution in [0.15, 0.2) is 12.1 Å². The van der Waals surface area contributed by atoms with Crippen LogP contribution in [0.4, 0.5) is 0 Å². The van der Waals surface area contributed by atoms with Gasteiger partial charge in [0.25, 0.3) is 5.91 Å². The second kappa shape index (κ2) is 9.57. The summed E-state index contributed by atoms with van der Waals surface area (Å²) in [6, 6.07) is 3.48. The lowest BCUT2D eigenvalue weighted by molar-refractivity contribution is -0.943. The molecule has 196 valence electrons. The largest absolute Gasteiger partial charge is 0.507 e. The fourth-order valence-corrected chi connectivity index (χ4v) is 6.59. The fraction of sp³-hybridized carbons (Fsp3) is 0.615. The molecule has 2 bridgehead atoms. The van der Waals surface area contributed by atoms with E-state index in [1.165, 1.54) is 17.7 Å². The van der Waals surface area contributed by atoms with E-state index in [1.54, 1.807) is 6.07 Å². The van der Waals surface area contributed by atoms with Gasteiger partial charge in [0.2, 0.25) is 0 Å². The number of fused-ring (bicyclic) bond motifs is 1. The first-order valence-corrected chi connectivity index (χ1v) is 12.5. The molecule has 5 rings (SSSR count). The Morgan fingerprint density at radius 3 is 2.47 bits per heavy atom. The predicted molar refractivity (Wildman–Crippen MR) is 127 cm³/mol. The van der Waals surface area contributed by atoms with E-state index in [9.17, 15) is 29.4 Å². The van der Waals surface area contributed by atoms with Crippen molar-refractivity contribution in [3.63, 3.8) is 0 Å². The third-order valence-corrected chi connectivity index (χ3v) is 8.57. The molecule has 10 heteroatoms. The number of piperidine rings is 1. The molecule has 10 nitrogen and oxygen atoms in total. The Hall–Kier alpha value is -2.82. The van der Waals surface area contributed by atoms with Gasteiger partial charge >= 0.3 is 5.97 Å². The summed E-state index contributed by atoms with van der Waals surface area (Å²) in [5, 5.41) is 39.5. The van der Waals surface area contributed by atoms with Crippen molar-refractivity contribution in [1.29, 1.82) is 0 Å². The van der Waals surface area contributed by atoms with Crippen LogP contribution in [-0.2, 0) is 26.2 Å². The normalized spacial score (nSPS) is 31.2. The van der Waals surface area contributed by atoms with E-state index in [4.69, 9.17) is 15.9 Å². The number of likely N-dealkylation sites (tertiary alicyclic amines) is 1. The molecule has 3 fully saturated rings. The zero-order chi connectivity index (χ0) is 26.4. The van der Waals surface area contributed by atoms with Crippen LogP contribution in [0.1, 0.15) is 73.4 Å². The third kappa shape index (κ3) is 4.53. The van der Waals surface area contributed by atoms with Crippen molar-refractivity contribution in [2.45, 2.75) is 81.5 Å². The van der Waals surface area contributed by atoms with Crippen LogP contribution in [0.2, 0.25) is 0 Å². The van der Waals surface area contributed by atoms with Crippen molar-refractivity contribution < 1.29 is 44.5 Å². The van der Waals surface area contributed by atoms with Crippen LogP contribution in [-0.4, -0.2) is 74.7 Å². The Morgan fingerprint density at radius 1 is 1.22 bits per heavy atom. The summed E-state index contributed by atoms with van der Waals surface area (Å²) in [6.45, 7) is 3.11. The molecule has 2 unspecified atom stereocenters. The minimum Gasteiger partial charge on any atom is -0.507 e. The number of rotatable bonds is 6. The summed E-state index contributed by atoms with van der Waals surface area (Å²) in [5.41, 5.74) is 5.27. The number of hydrogen-bond acceptors (Lipinski definition) is 7. The zero-order valence-corrected chi connectivity index (χ0v) is 20.5. The molecule has 36 heavy (non-hydrogen) atoms. The molecule has 3 aliphatic carbocycles. The molecule has 5 atom stereocenters. The zero-order valence-electron chi connectivity index (χ0n) is 20.5. The van der Waals surface area contributed by atoms with Crippen molar-refractivity contribution >= 4 is 23.4 Å². The summed E-state index contributed by atoms with van der Waals surface area (Å²) >= 11 is 0. The van der Waals surface area contributed by atoms with E-state index in [1.807, 2.05) is 6.07 Å². The number of ketones is 2. The van der Waals surface area contributed by atoms with Gasteiger partial charge in [0, 0.05) is 42.6 Å². The lowest BCUT2D eigenvalue weighted by Gasteiger charge is -2.61. The first-order chi connectivity index (χ1) is 16.9. The minimum atomic E-state index is -1.34. The SMILES string of the molecule is CC(=O)C(O)CC(=O)O.NC(=O)c1ccc2c(c1O)[C@]13CC[NH+](CC4CC4)[C@H](C2)[C@]1(O)CCC(=O)C3. The number of carbonyl (C=O) groups is 4. The molecule has 2 saturated carbocycles. The van der Waals surface area contributed by atoms with Gasteiger partial charge in [-0.3, -0.25) is 19.2 Å². The number of aliphatic hydroxyl groups is 2. The predicted octanol–water partition coefficient (Wildman–Crippen LogP) is -0.753. The second-order valence-electron chi connectivity index (χ2n) is 10.9. The highest BCUT2D eigenvalue weighted by Crippen LogP contribution is 2.57. The Kier molecular flexibility index (Phi) is 6.98. The number of carbonyl (C=O) groups excluding carboxylic acids is 3. The number of aliphatic carboxylic acids is 1. The number of carboxylic acid groups (broad SMARTS) is 1. The highest BCUT2D eigenvalue weighted by molar-refractivity contribution is 5.96. The van der Waals surface area contributed by atoms with Gasteiger partial charge in [0.1, 0.15) is 29.3 Å². The van der Waals surface area contributed by atoms with Crippen molar-refractivity contribution in [2.24, 2.45) is 11.7 Å². The molecular weight excluding hydrogens is 468 g/mol. The van der Waals surface area contributed by atoms with Crippen molar-refractivity contribution in [2.75, 3.05) is 13.1 Å². The lowest BCUT2D eigenvalue weighted by atomic mass is 9.49. The highest BCUT2D eigenvalue weighted by atomic mass is 16.4. The quantitative estimate of drug-likeness (QED) is 0.293. The number of primary amides is 1. The summed E-state index contributed by atoms with van der Waals surface area (Å²) in [7, 11) is 0. The molecule has 4 aliphatic rings.